The Hall–Kier alpha value is -1.57. The van der Waals surface area contributed by atoms with Crippen molar-refractivity contribution in [1.82, 2.24) is 10.3 Å². The van der Waals surface area contributed by atoms with Crippen molar-refractivity contribution in [3.05, 3.63) is 33.6 Å². The Kier molecular flexibility index (Phi) is 4.50. The van der Waals surface area contributed by atoms with Crippen LogP contribution in [-0.4, -0.2) is 39.8 Å². The van der Waals surface area contributed by atoms with Crippen LogP contribution in [0.5, 0.6) is 0 Å². The van der Waals surface area contributed by atoms with Gasteiger partial charge in [0, 0.05) is 12.1 Å². The van der Waals surface area contributed by atoms with E-state index in [0.29, 0.717) is 5.56 Å². The number of likely N-dealkylation sites (N-methyl/N-ethyl adjacent to an activating group) is 1. The van der Waals surface area contributed by atoms with E-state index in [4.69, 9.17) is 0 Å². The molecule has 2 unspecified atom stereocenters. The molecule has 1 aromatic heterocycles. The Morgan fingerprint density at radius 3 is 2.71 bits per heavy atom. The third kappa shape index (κ3) is 3.19. The Labute approximate surface area is 98.3 Å². The maximum atomic E-state index is 10.6. The lowest BCUT2D eigenvalue weighted by Gasteiger charge is -2.17. The molecule has 0 amide bonds. The second kappa shape index (κ2) is 5.67. The van der Waals surface area contributed by atoms with E-state index in [-0.39, 0.29) is 17.9 Å². The number of hydrogen-bond donors (Lipinski definition) is 3. The summed E-state index contributed by atoms with van der Waals surface area (Å²) in [7, 11) is 1.64. The van der Waals surface area contributed by atoms with Crippen LogP contribution in [0.25, 0.3) is 0 Å². The van der Waals surface area contributed by atoms with Gasteiger partial charge < -0.3 is 15.5 Å². The molecule has 7 heteroatoms. The molecule has 0 radical (unpaired) electrons. The van der Waals surface area contributed by atoms with Crippen molar-refractivity contribution in [2.45, 2.75) is 19.1 Å². The van der Waals surface area contributed by atoms with E-state index in [0.717, 1.165) is 6.20 Å². The van der Waals surface area contributed by atoms with Gasteiger partial charge in [-0.1, -0.05) is 0 Å². The minimum Gasteiger partial charge on any atom is -0.389 e. The van der Waals surface area contributed by atoms with Crippen molar-refractivity contribution in [1.29, 1.82) is 0 Å². The maximum absolute atomic E-state index is 10.6. The summed E-state index contributed by atoms with van der Waals surface area (Å²) in [6, 6.07) is 1.40. The molecule has 3 N–H and O–H groups in total. The molecule has 0 bridgehead atoms. The van der Waals surface area contributed by atoms with Gasteiger partial charge in [-0.15, -0.1) is 0 Å². The van der Waals surface area contributed by atoms with Crippen LogP contribution in [0, 0.1) is 17.0 Å². The molecule has 0 aliphatic rings. The minimum absolute atomic E-state index is 0.107. The molecule has 0 aliphatic carbocycles. The van der Waals surface area contributed by atoms with E-state index >= 15 is 0 Å². The van der Waals surface area contributed by atoms with Gasteiger partial charge in [0.1, 0.15) is 12.3 Å². The van der Waals surface area contributed by atoms with Crippen LogP contribution in [-0.2, 0) is 0 Å². The summed E-state index contributed by atoms with van der Waals surface area (Å²) < 4.78 is 0. The Morgan fingerprint density at radius 1 is 1.59 bits per heavy atom. The summed E-state index contributed by atoms with van der Waals surface area (Å²) in [6.45, 7) is 1.76. The number of hydrogen-bond acceptors (Lipinski definition) is 6. The van der Waals surface area contributed by atoms with Gasteiger partial charge in [-0.2, -0.15) is 0 Å². The molecule has 0 saturated carbocycles. The molecule has 7 nitrogen and oxygen atoms in total. The molecule has 0 fully saturated rings. The van der Waals surface area contributed by atoms with Gasteiger partial charge >= 0.3 is 0 Å². The predicted octanol–water partition coefficient (Wildman–Crippen LogP) is -0.0881. The molecule has 1 heterocycles. The van der Waals surface area contributed by atoms with E-state index in [9.17, 15) is 20.3 Å². The lowest BCUT2D eigenvalue weighted by atomic mass is 10.1. The van der Waals surface area contributed by atoms with Crippen LogP contribution in [0.1, 0.15) is 17.4 Å². The van der Waals surface area contributed by atoms with Crippen LogP contribution in [0.3, 0.4) is 0 Å². The first-order valence-corrected chi connectivity index (χ1v) is 5.09. The van der Waals surface area contributed by atoms with Gasteiger partial charge in [-0.3, -0.25) is 15.1 Å². The number of nitrogens with zero attached hydrogens (tertiary/aromatic N) is 2. The van der Waals surface area contributed by atoms with Gasteiger partial charge in [-0.05, 0) is 20.0 Å². The number of aliphatic hydroxyl groups excluding tert-OH is 2. The largest absolute Gasteiger partial charge is 0.389 e. The van der Waals surface area contributed by atoms with Crippen LogP contribution in [0.2, 0.25) is 0 Å². The Balaban J connectivity index is 2.93. The van der Waals surface area contributed by atoms with E-state index in [1.807, 2.05) is 0 Å². The molecule has 1 aromatic rings. The summed E-state index contributed by atoms with van der Waals surface area (Å²) >= 11 is 0. The van der Waals surface area contributed by atoms with Crippen LogP contribution >= 0.6 is 0 Å². The normalized spacial score (nSPS) is 14.4. The topological polar surface area (TPSA) is 109 Å². The van der Waals surface area contributed by atoms with E-state index in [2.05, 4.69) is 10.3 Å². The van der Waals surface area contributed by atoms with Crippen molar-refractivity contribution in [3.8, 4) is 0 Å². The van der Waals surface area contributed by atoms with Crippen molar-refractivity contribution < 1.29 is 15.1 Å². The van der Waals surface area contributed by atoms with Crippen LogP contribution in [0.15, 0.2) is 12.3 Å². The molecule has 0 saturated heterocycles. The highest BCUT2D eigenvalue weighted by molar-refractivity contribution is 5.38. The van der Waals surface area contributed by atoms with Crippen LogP contribution < -0.4 is 5.32 Å². The first-order chi connectivity index (χ1) is 7.97. The van der Waals surface area contributed by atoms with Crippen molar-refractivity contribution in [2.75, 3.05) is 13.6 Å². The average Bonchev–Trinajstić information content (AvgIpc) is 2.27. The molecule has 0 spiro atoms. The Bertz CT molecular complexity index is 411. The number of pyridine rings is 1. The zero-order valence-electron chi connectivity index (χ0n) is 9.62. The molecule has 1 rings (SSSR count). The van der Waals surface area contributed by atoms with Crippen LogP contribution in [0.4, 0.5) is 5.69 Å². The second-order valence-corrected chi connectivity index (χ2v) is 3.72. The maximum Gasteiger partial charge on any atom is 0.290 e. The highest BCUT2D eigenvalue weighted by Crippen LogP contribution is 2.21. The number of nitrogens with one attached hydrogen (secondary N) is 1. The summed E-state index contributed by atoms with van der Waals surface area (Å²) in [6.07, 6.45) is -1.09. The summed E-state index contributed by atoms with van der Waals surface area (Å²) in [4.78, 5) is 13.8. The Morgan fingerprint density at radius 2 is 2.24 bits per heavy atom. The summed E-state index contributed by atoms with van der Waals surface area (Å²) in [5, 5.41) is 32.6. The summed E-state index contributed by atoms with van der Waals surface area (Å²) in [5.41, 5.74) is 0.510. The molecule has 2 atom stereocenters. The van der Waals surface area contributed by atoms with Crippen molar-refractivity contribution in [2.24, 2.45) is 0 Å². The number of rotatable bonds is 5. The zero-order valence-corrected chi connectivity index (χ0v) is 9.62. The van der Waals surface area contributed by atoms with Gasteiger partial charge in [-0.25, -0.2) is 0 Å². The standard InChI is InChI=1S/C10H15N3O4/c1-6-3-7(10(15)9(14)5-11-2)12-4-8(6)13(16)17/h3-4,9-11,14-15H,5H2,1-2H3. The third-order valence-electron chi connectivity index (χ3n) is 2.38. The van der Waals surface area contributed by atoms with Gasteiger partial charge in [0.05, 0.1) is 16.7 Å². The van der Waals surface area contributed by atoms with Gasteiger partial charge in [0.25, 0.3) is 5.69 Å². The quantitative estimate of drug-likeness (QED) is 0.491. The fourth-order valence-electron chi connectivity index (χ4n) is 1.44. The molecule has 94 valence electrons. The molecular weight excluding hydrogens is 226 g/mol. The molecule has 17 heavy (non-hydrogen) atoms. The molecule has 0 aliphatic heterocycles. The number of aliphatic hydroxyl groups is 2. The summed E-state index contributed by atoms with van der Waals surface area (Å²) in [5.74, 6) is 0. The molecule has 0 aromatic carbocycles. The van der Waals surface area contributed by atoms with Gasteiger partial charge in [0.15, 0.2) is 0 Å². The first-order valence-electron chi connectivity index (χ1n) is 5.09. The monoisotopic (exact) mass is 241 g/mol. The van der Waals surface area contributed by atoms with E-state index in [1.54, 1.807) is 14.0 Å². The minimum atomic E-state index is -1.16. The smallest absolute Gasteiger partial charge is 0.290 e. The molecular formula is C10H15N3O4. The second-order valence-electron chi connectivity index (χ2n) is 3.72. The lowest BCUT2D eigenvalue weighted by Crippen LogP contribution is -2.30. The van der Waals surface area contributed by atoms with Crippen molar-refractivity contribution >= 4 is 5.69 Å². The number of nitro groups is 1. The highest BCUT2D eigenvalue weighted by Gasteiger charge is 2.21. The van der Waals surface area contributed by atoms with E-state index < -0.39 is 17.1 Å². The van der Waals surface area contributed by atoms with Crippen molar-refractivity contribution in [3.63, 3.8) is 0 Å². The number of aromatic nitrogens is 1. The lowest BCUT2D eigenvalue weighted by molar-refractivity contribution is -0.385. The first kappa shape index (κ1) is 13.5. The number of aryl methyl sites for hydroxylation is 1. The zero-order chi connectivity index (χ0) is 13.0. The fourth-order valence-corrected chi connectivity index (χ4v) is 1.44. The fraction of sp³-hybridized carbons (Fsp3) is 0.500. The van der Waals surface area contributed by atoms with E-state index in [1.165, 1.54) is 6.07 Å². The average molecular weight is 241 g/mol. The SMILES string of the molecule is CNCC(O)C(O)c1cc(C)c([N+](=O)[O-])cn1. The third-order valence-corrected chi connectivity index (χ3v) is 2.38. The van der Waals surface area contributed by atoms with Gasteiger partial charge in [0.2, 0.25) is 0 Å². The highest BCUT2D eigenvalue weighted by atomic mass is 16.6. The predicted molar refractivity (Wildman–Crippen MR) is 60.5 cm³/mol.